The van der Waals surface area contributed by atoms with Crippen molar-refractivity contribution in [3.05, 3.63) is 0 Å². The normalized spacial score (nSPS) is 13.3. The Kier molecular flexibility index (Phi) is 55.4. The van der Waals surface area contributed by atoms with Crippen LogP contribution in [0.15, 0.2) is 0 Å². The van der Waals surface area contributed by atoms with Gasteiger partial charge < -0.3 is 0 Å². The summed E-state index contributed by atoms with van der Waals surface area (Å²) in [6.45, 7) is 18.7. The van der Waals surface area contributed by atoms with Crippen LogP contribution in [0.5, 0.6) is 0 Å². The Morgan fingerprint density at radius 2 is 0.309 bits per heavy atom. The number of rotatable bonds is 56. The van der Waals surface area contributed by atoms with Crippen molar-refractivity contribution < 1.29 is 0 Å². The topological polar surface area (TPSA) is 0 Å². The van der Waals surface area contributed by atoms with Gasteiger partial charge in [0.05, 0.1) is 0 Å². The zero-order valence-corrected chi connectivity index (χ0v) is 54.0. The molecule has 0 aromatic heterocycles. The van der Waals surface area contributed by atoms with Crippen LogP contribution in [0.1, 0.15) is 364 Å². The van der Waals surface area contributed by atoms with Gasteiger partial charge in [0.1, 0.15) is 0 Å². The molecule has 0 nitrogen and oxygen atoms in total. The predicted octanol–water partition coefficient (Wildman–Crippen LogP) is 26.5. The van der Waals surface area contributed by atoms with Crippen LogP contribution in [-0.2, 0) is 0 Å². The van der Waals surface area contributed by atoms with Crippen LogP contribution in [0.4, 0.5) is 0 Å². The summed E-state index contributed by atoms with van der Waals surface area (Å²) in [6, 6.07) is 0. The Balaban J connectivity index is 0. The fourth-order valence-corrected chi connectivity index (χ4v) is 28.0. The van der Waals surface area contributed by atoms with Crippen LogP contribution in [0, 0.1) is 0 Å². The Hall–Kier alpha value is 1.88. The first-order chi connectivity index (χ1) is 33.1. The molecule has 4 heteroatoms. The third-order valence-corrected chi connectivity index (χ3v) is 35.9. The number of halogens is 2. The van der Waals surface area contributed by atoms with Crippen molar-refractivity contribution in [1.29, 1.82) is 0 Å². The number of unbranched alkanes of at least 4 members (excludes halogenated alkanes) is 40. The average molecular weight is 1130 g/mol. The zero-order chi connectivity index (χ0) is 50.5. The second kappa shape index (κ2) is 52.3. The quantitative estimate of drug-likeness (QED) is 0.0323. The Labute approximate surface area is 453 Å². The van der Waals surface area contributed by atoms with Crippen LogP contribution in [0.2, 0.25) is 0 Å². The third-order valence-electron chi connectivity index (χ3n) is 16.6. The third kappa shape index (κ3) is 45.3. The van der Waals surface area contributed by atoms with Gasteiger partial charge in [-0.3, -0.25) is 0 Å². The van der Waals surface area contributed by atoms with Gasteiger partial charge in [0, 0.05) is 0 Å². The van der Waals surface area contributed by atoms with Crippen molar-refractivity contribution >= 4 is 43.5 Å². The molecule has 0 atom stereocenters. The molecule has 0 bridgehead atoms. The molecule has 0 aliphatic carbocycles. The summed E-state index contributed by atoms with van der Waals surface area (Å²) in [6.07, 6.45) is 81.2. The van der Waals surface area contributed by atoms with E-state index in [0.29, 0.717) is 0 Å². The van der Waals surface area contributed by atoms with Crippen LogP contribution in [0.25, 0.3) is 0 Å². The van der Waals surface area contributed by atoms with Crippen molar-refractivity contribution in [2.75, 3.05) is 49.3 Å². The number of hydrogen-bond acceptors (Lipinski definition) is 0. The minimum atomic E-state index is -2.07. The molecule has 0 aromatic carbocycles. The molecular formula is C64H136ClIP2. The minimum absolute atomic E-state index is 1.34. The van der Waals surface area contributed by atoms with Gasteiger partial charge in [-0.2, -0.15) is 0 Å². The molecule has 0 aliphatic rings. The molecule has 0 radical (unpaired) electrons. The van der Waals surface area contributed by atoms with Gasteiger partial charge in [0.15, 0.2) is 0 Å². The standard InChI is InChI=1S/C32H68ClP.C32H68IP/c2*1-5-9-13-17-18-19-20-21-22-23-24-28-32-34(33,29-25-14-10-6-2,30-26-15-11-7-3)31-27-16-12-8-4/h2*5-32H2,1-4H3. The van der Waals surface area contributed by atoms with Crippen molar-refractivity contribution in [2.24, 2.45) is 0 Å². The summed E-state index contributed by atoms with van der Waals surface area (Å²) in [5, 5.41) is 0. The van der Waals surface area contributed by atoms with Crippen molar-refractivity contribution in [3.8, 4) is 0 Å². The second-order valence-electron chi connectivity index (χ2n) is 23.6. The van der Waals surface area contributed by atoms with E-state index < -0.39 is 10.2 Å². The SMILES string of the molecule is CCCCCCCCCCCCCCP(Cl)(CCCCCC)(CCCCCC)CCCCCC.CCCCCCCCCCCCCCP(I)(CCCCCC)(CCCCCC)CCCCCC. The summed E-state index contributed by atoms with van der Waals surface area (Å²) in [5.41, 5.74) is 0. The molecule has 0 amide bonds. The molecule has 0 rings (SSSR count). The fourth-order valence-electron chi connectivity index (χ4n) is 11.6. The molecule has 0 saturated heterocycles. The van der Waals surface area contributed by atoms with E-state index in [2.05, 4.69) is 77.4 Å². The zero-order valence-electron chi connectivity index (χ0n) is 49.2. The maximum atomic E-state index is 8.00. The molecule has 0 saturated carbocycles. The monoisotopic (exact) mass is 1130 g/mol. The van der Waals surface area contributed by atoms with Gasteiger partial charge in [-0.1, -0.05) is 26.7 Å². The fraction of sp³-hybridized carbons (Fsp3) is 1.00. The summed E-state index contributed by atoms with van der Waals surface area (Å²) in [7, 11) is 0. The number of hydrogen-bond donors (Lipinski definition) is 0. The molecule has 416 valence electrons. The molecule has 0 heterocycles. The Morgan fingerprint density at radius 3 is 0.471 bits per heavy atom. The molecule has 0 unspecified atom stereocenters. The summed E-state index contributed by atoms with van der Waals surface area (Å²) >= 11 is 11.2. The molecule has 0 N–H and O–H groups in total. The van der Waals surface area contributed by atoms with E-state index in [1.54, 1.807) is 24.6 Å². The van der Waals surface area contributed by atoms with Crippen LogP contribution < -0.4 is 0 Å². The first-order valence-corrected chi connectivity index (χ1v) is 42.2. The van der Waals surface area contributed by atoms with Crippen LogP contribution >= 0.6 is 43.5 Å². The van der Waals surface area contributed by atoms with Gasteiger partial charge in [0.2, 0.25) is 0 Å². The van der Waals surface area contributed by atoms with Gasteiger partial charge in [-0.25, -0.2) is 0 Å². The van der Waals surface area contributed by atoms with Crippen molar-refractivity contribution in [2.45, 2.75) is 364 Å². The van der Waals surface area contributed by atoms with Crippen molar-refractivity contribution in [3.63, 3.8) is 0 Å². The van der Waals surface area contributed by atoms with E-state index in [4.69, 9.17) is 11.2 Å². The Bertz CT molecular complexity index is 826. The van der Waals surface area contributed by atoms with Gasteiger partial charge in [-0.15, -0.1) is 0 Å². The molecule has 0 fully saturated rings. The van der Waals surface area contributed by atoms with E-state index in [1.165, 1.54) is 333 Å². The van der Waals surface area contributed by atoms with Gasteiger partial charge in [0.25, 0.3) is 0 Å². The van der Waals surface area contributed by atoms with E-state index in [-0.39, 0.29) is 0 Å². The van der Waals surface area contributed by atoms with E-state index in [9.17, 15) is 0 Å². The van der Waals surface area contributed by atoms with E-state index in [0.717, 1.165) is 0 Å². The molecular weight excluding hydrogens is 993 g/mol. The van der Waals surface area contributed by atoms with Crippen molar-refractivity contribution in [1.82, 2.24) is 0 Å². The Morgan fingerprint density at radius 1 is 0.191 bits per heavy atom. The van der Waals surface area contributed by atoms with Crippen LogP contribution in [-0.4, -0.2) is 49.3 Å². The molecule has 68 heavy (non-hydrogen) atoms. The first kappa shape index (κ1) is 72.0. The average Bonchev–Trinajstić information content (AvgIpc) is 3.34. The molecule has 0 spiro atoms. The molecule has 0 aromatic rings. The summed E-state index contributed by atoms with van der Waals surface area (Å²) in [5.74, 6) is -2.07. The molecule has 0 aliphatic heterocycles. The van der Waals surface area contributed by atoms with E-state index in [1.807, 2.05) is 0 Å². The summed E-state index contributed by atoms with van der Waals surface area (Å²) in [4.78, 5) is 0. The van der Waals surface area contributed by atoms with Gasteiger partial charge in [-0.05, 0) is 0 Å². The first-order valence-electron chi connectivity index (χ1n) is 32.5. The maximum absolute atomic E-state index is 8.00. The predicted molar refractivity (Wildman–Crippen MR) is 340 cm³/mol. The van der Waals surface area contributed by atoms with E-state index >= 15 is 0 Å². The summed E-state index contributed by atoms with van der Waals surface area (Å²) < 4.78 is -1.57. The van der Waals surface area contributed by atoms with Gasteiger partial charge >= 0.3 is 430 Å². The second-order valence-corrected chi connectivity index (χ2v) is 45.5. The van der Waals surface area contributed by atoms with Crippen LogP contribution in [0.3, 0.4) is 0 Å².